The number of carbonyl (C=O) groups excluding carboxylic acids is 2. The normalized spacial score (nSPS) is 18.1. The van der Waals surface area contributed by atoms with Crippen molar-refractivity contribution in [3.05, 3.63) is 41.8 Å². The van der Waals surface area contributed by atoms with E-state index in [9.17, 15) is 14.0 Å². The lowest BCUT2D eigenvalue weighted by molar-refractivity contribution is -0.127. The average Bonchev–Trinajstić information content (AvgIpc) is 3.09. The van der Waals surface area contributed by atoms with Crippen LogP contribution >= 0.6 is 0 Å². The van der Waals surface area contributed by atoms with Gasteiger partial charge < -0.3 is 4.52 Å². The molecule has 1 atom stereocenters. The number of urea groups is 1. The van der Waals surface area contributed by atoms with Gasteiger partial charge in [-0.2, -0.15) is 4.98 Å². The molecule has 0 N–H and O–H groups in total. The maximum absolute atomic E-state index is 13.1. The Morgan fingerprint density at radius 3 is 2.50 bits per heavy atom. The van der Waals surface area contributed by atoms with E-state index >= 15 is 0 Å². The van der Waals surface area contributed by atoms with Gasteiger partial charge in [0, 0.05) is 11.6 Å². The molecule has 0 radical (unpaired) electrons. The molecule has 1 aromatic carbocycles. The van der Waals surface area contributed by atoms with Crippen molar-refractivity contribution in [1.82, 2.24) is 15.0 Å². The predicted octanol–water partition coefficient (Wildman–Crippen LogP) is 2.69. The van der Waals surface area contributed by atoms with Gasteiger partial charge in [-0.05, 0) is 31.2 Å². The topological polar surface area (TPSA) is 79.5 Å². The van der Waals surface area contributed by atoms with Gasteiger partial charge in [0.2, 0.25) is 5.89 Å². The number of halogens is 1. The molecule has 3 rings (SSSR count). The highest BCUT2D eigenvalue weighted by Gasteiger charge is 2.44. The molecule has 1 aromatic heterocycles. The first-order valence-corrected chi connectivity index (χ1v) is 7.61. The van der Waals surface area contributed by atoms with Gasteiger partial charge in [0.15, 0.2) is 5.82 Å². The van der Waals surface area contributed by atoms with Gasteiger partial charge in [-0.25, -0.2) is 9.18 Å². The maximum Gasteiger partial charge on any atom is 0.332 e. The molecule has 24 heavy (non-hydrogen) atoms. The number of imide groups is 1. The Morgan fingerprint density at radius 1 is 1.25 bits per heavy atom. The second-order valence-corrected chi connectivity index (χ2v) is 5.93. The van der Waals surface area contributed by atoms with Crippen LogP contribution < -0.4 is 4.90 Å². The molecule has 0 saturated carbocycles. The first kappa shape index (κ1) is 16.1. The maximum atomic E-state index is 13.1. The third-order valence-electron chi connectivity index (χ3n) is 3.85. The van der Waals surface area contributed by atoms with Crippen molar-refractivity contribution in [2.24, 2.45) is 0 Å². The summed E-state index contributed by atoms with van der Waals surface area (Å²) in [6, 6.07) is 4.23. The minimum Gasteiger partial charge on any atom is -0.337 e. The molecule has 8 heteroatoms. The molecule has 2 aromatic rings. The fourth-order valence-electron chi connectivity index (χ4n) is 2.51. The number of amides is 3. The monoisotopic (exact) mass is 332 g/mol. The van der Waals surface area contributed by atoms with Gasteiger partial charge in [-0.1, -0.05) is 19.0 Å². The van der Waals surface area contributed by atoms with E-state index in [4.69, 9.17) is 4.52 Å². The Bertz CT molecular complexity index is 772. The lowest BCUT2D eigenvalue weighted by Crippen LogP contribution is -2.33. The van der Waals surface area contributed by atoms with Crippen molar-refractivity contribution in [1.29, 1.82) is 0 Å². The molecule has 3 amide bonds. The Balaban J connectivity index is 1.83. The van der Waals surface area contributed by atoms with E-state index in [0.29, 0.717) is 11.5 Å². The number of hydrogen-bond donors (Lipinski definition) is 0. The van der Waals surface area contributed by atoms with E-state index < -0.39 is 17.9 Å². The van der Waals surface area contributed by atoms with Crippen LogP contribution in [0.5, 0.6) is 0 Å². The fourth-order valence-corrected chi connectivity index (χ4v) is 2.51. The van der Waals surface area contributed by atoms with Crippen molar-refractivity contribution in [3.63, 3.8) is 0 Å². The van der Waals surface area contributed by atoms with E-state index in [-0.39, 0.29) is 24.3 Å². The molecule has 0 bridgehead atoms. The smallest absolute Gasteiger partial charge is 0.332 e. The molecule has 1 aliphatic rings. The zero-order valence-corrected chi connectivity index (χ0v) is 13.6. The number of nitrogens with zero attached hydrogens (tertiary/aromatic N) is 4. The summed E-state index contributed by atoms with van der Waals surface area (Å²) in [5.41, 5.74) is 0.457. The van der Waals surface area contributed by atoms with Crippen LogP contribution in [0.15, 0.2) is 28.8 Å². The standard InChI is InChI=1S/C16H17FN4O3/c1-9(2)14-18-13(24-19-14)8-20-15(22)10(3)21(16(20)23)12-6-4-11(17)5-7-12/h4-7,9-10H,8H2,1-3H3/t10-/m1/s1. The van der Waals surface area contributed by atoms with Crippen LogP contribution in [0, 0.1) is 5.82 Å². The van der Waals surface area contributed by atoms with Crippen molar-refractivity contribution in [2.75, 3.05) is 4.90 Å². The minimum absolute atomic E-state index is 0.0839. The van der Waals surface area contributed by atoms with E-state index in [2.05, 4.69) is 10.1 Å². The van der Waals surface area contributed by atoms with Crippen LogP contribution in [-0.2, 0) is 11.3 Å². The summed E-state index contributed by atoms with van der Waals surface area (Å²) in [4.78, 5) is 31.6. The molecule has 126 valence electrons. The van der Waals surface area contributed by atoms with Gasteiger partial charge >= 0.3 is 6.03 Å². The molecular formula is C16H17FN4O3. The molecule has 0 spiro atoms. The first-order chi connectivity index (χ1) is 11.4. The summed E-state index contributed by atoms with van der Waals surface area (Å²) in [6.07, 6.45) is 0. The number of anilines is 1. The third kappa shape index (κ3) is 2.75. The predicted molar refractivity (Wildman–Crippen MR) is 82.7 cm³/mol. The summed E-state index contributed by atoms with van der Waals surface area (Å²) in [5, 5.41) is 3.82. The first-order valence-electron chi connectivity index (χ1n) is 7.61. The minimum atomic E-state index is -0.685. The Morgan fingerprint density at radius 2 is 1.92 bits per heavy atom. The van der Waals surface area contributed by atoms with Gasteiger partial charge in [0.05, 0.1) is 0 Å². The Labute approximate surface area is 138 Å². The SMILES string of the molecule is CC(C)c1noc(CN2C(=O)[C@@H](C)N(c3ccc(F)cc3)C2=O)n1. The van der Waals surface area contributed by atoms with Crippen LogP contribution in [0.25, 0.3) is 0 Å². The number of rotatable bonds is 4. The Kier molecular flexibility index (Phi) is 4.04. The average molecular weight is 332 g/mol. The largest absolute Gasteiger partial charge is 0.337 e. The molecule has 2 heterocycles. The van der Waals surface area contributed by atoms with Crippen LogP contribution in [-0.4, -0.2) is 33.0 Å². The highest BCUT2D eigenvalue weighted by molar-refractivity contribution is 6.13. The van der Waals surface area contributed by atoms with Crippen molar-refractivity contribution < 1.29 is 18.5 Å². The van der Waals surface area contributed by atoms with E-state index in [1.807, 2.05) is 13.8 Å². The van der Waals surface area contributed by atoms with E-state index in [1.54, 1.807) is 6.92 Å². The van der Waals surface area contributed by atoms with Gasteiger partial charge in [0.25, 0.3) is 5.91 Å². The fraction of sp³-hybridized carbons (Fsp3) is 0.375. The molecule has 1 aliphatic heterocycles. The summed E-state index contributed by atoms with van der Waals surface area (Å²) < 4.78 is 18.2. The molecule has 0 aliphatic carbocycles. The number of carbonyl (C=O) groups is 2. The molecular weight excluding hydrogens is 315 g/mol. The van der Waals surface area contributed by atoms with E-state index in [0.717, 1.165) is 4.90 Å². The van der Waals surface area contributed by atoms with E-state index in [1.165, 1.54) is 29.2 Å². The Hall–Kier alpha value is -2.77. The summed E-state index contributed by atoms with van der Waals surface area (Å²) in [7, 11) is 0. The number of aromatic nitrogens is 2. The molecule has 7 nitrogen and oxygen atoms in total. The quantitative estimate of drug-likeness (QED) is 0.804. The number of benzene rings is 1. The van der Waals surface area contributed by atoms with Crippen molar-refractivity contribution >= 4 is 17.6 Å². The summed E-state index contributed by atoms with van der Waals surface area (Å²) in [6.45, 7) is 5.37. The van der Waals surface area contributed by atoms with Gasteiger partial charge in [0.1, 0.15) is 18.4 Å². The van der Waals surface area contributed by atoms with Crippen LogP contribution in [0.4, 0.5) is 14.9 Å². The second-order valence-electron chi connectivity index (χ2n) is 5.93. The van der Waals surface area contributed by atoms with Gasteiger partial charge in [-0.15, -0.1) is 0 Å². The summed E-state index contributed by atoms with van der Waals surface area (Å²) >= 11 is 0. The molecule has 0 unspecified atom stereocenters. The highest BCUT2D eigenvalue weighted by Crippen LogP contribution is 2.27. The van der Waals surface area contributed by atoms with Crippen LogP contribution in [0.1, 0.15) is 38.4 Å². The highest BCUT2D eigenvalue weighted by atomic mass is 19.1. The van der Waals surface area contributed by atoms with Crippen molar-refractivity contribution in [2.45, 2.75) is 39.3 Å². The summed E-state index contributed by atoms with van der Waals surface area (Å²) in [5.74, 6) is 0.0325. The lowest BCUT2D eigenvalue weighted by atomic mass is 10.2. The molecule has 1 saturated heterocycles. The van der Waals surface area contributed by atoms with Crippen LogP contribution in [0.2, 0.25) is 0 Å². The molecule has 1 fully saturated rings. The lowest BCUT2D eigenvalue weighted by Gasteiger charge is -2.18. The van der Waals surface area contributed by atoms with Crippen LogP contribution in [0.3, 0.4) is 0 Å². The zero-order valence-electron chi connectivity index (χ0n) is 13.6. The van der Waals surface area contributed by atoms with Gasteiger partial charge in [-0.3, -0.25) is 14.6 Å². The second kappa shape index (κ2) is 6.03. The number of hydrogen-bond acceptors (Lipinski definition) is 5. The van der Waals surface area contributed by atoms with Crippen molar-refractivity contribution in [3.8, 4) is 0 Å². The zero-order chi connectivity index (χ0) is 17.4. The third-order valence-corrected chi connectivity index (χ3v) is 3.85.